The zero-order valence-electron chi connectivity index (χ0n) is 11.2. The highest BCUT2D eigenvalue weighted by molar-refractivity contribution is 5.42. The number of methoxy groups -OCH3 is 1. The molecule has 0 bridgehead atoms. The van der Waals surface area contributed by atoms with Gasteiger partial charge in [-0.2, -0.15) is 0 Å². The molecule has 0 saturated carbocycles. The average molecular weight is 263 g/mol. The van der Waals surface area contributed by atoms with Gasteiger partial charge in [-0.3, -0.25) is 0 Å². The maximum Gasteiger partial charge on any atom is 0.253 e. The van der Waals surface area contributed by atoms with Crippen LogP contribution < -0.4 is 15.2 Å². The van der Waals surface area contributed by atoms with E-state index in [4.69, 9.17) is 19.6 Å². The zero-order chi connectivity index (χ0) is 13.8. The number of hydrogen-bond donors (Lipinski definition) is 1. The van der Waals surface area contributed by atoms with Crippen LogP contribution in [-0.2, 0) is 6.61 Å². The van der Waals surface area contributed by atoms with E-state index in [0.717, 1.165) is 5.56 Å². The number of rotatable bonds is 5. The number of nitrogens with zero attached hydrogens (tertiary/aromatic N) is 2. The van der Waals surface area contributed by atoms with E-state index in [-0.39, 0.29) is 12.6 Å². The lowest BCUT2D eigenvalue weighted by atomic mass is 10.1. The van der Waals surface area contributed by atoms with Crippen LogP contribution in [0.4, 0.5) is 0 Å². The molecule has 102 valence electrons. The van der Waals surface area contributed by atoms with Gasteiger partial charge in [-0.05, 0) is 13.0 Å². The van der Waals surface area contributed by atoms with Gasteiger partial charge in [0.05, 0.1) is 7.11 Å². The molecule has 2 aromatic rings. The second kappa shape index (κ2) is 5.71. The molecular weight excluding hydrogens is 246 g/mol. The summed E-state index contributed by atoms with van der Waals surface area (Å²) in [5.74, 6) is 2.30. The van der Waals surface area contributed by atoms with Gasteiger partial charge in [-0.15, -0.1) is 10.2 Å². The predicted molar refractivity (Wildman–Crippen MR) is 69.0 cm³/mol. The third-order valence-electron chi connectivity index (χ3n) is 2.63. The summed E-state index contributed by atoms with van der Waals surface area (Å²) in [6, 6.07) is 5.40. The van der Waals surface area contributed by atoms with Gasteiger partial charge in [-0.1, -0.05) is 6.07 Å². The van der Waals surface area contributed by atoms with Crippen molar-refractivity contribution in [2.24, 2.45) is 5.73 Å². The maximum atomic E-state index is 5.91. The van der Waals surface area contributed by atoms with Crippen LogP contribution in [0.1, 0.15) is 30.3 Å². The predicted octanol–water partition coefficient (Wildman–Crippen LogP) is 1.99. The van der Waals surface area contributed by atoms with Crippen molar-refractivity contribution < 1.29 is 13.9 Å². The third kappa shape index (κ3) is 3.23. The van der Waals surface area contributed by atoms with Crippen molar-refractivity contribution in [3.63, 3.8) is 0 Å². The highest BCUT2D eigenvalue weighted by Gasteiger charge is 2.11. The monoisotopic (exact) mass is 263 g/mol. The Morgan fingerprint density at radius 2 is 2.16 bits per heavy atom. The number of aromatic nitrogens is 2. The van der Waals surface area contributed by atoms with E-state index < -0.39 is 0 Å². The van der Waals surface area contributed by atoms with E-state index in [1.807, 2.05) is 19.1 Å². The van der Waals surface area contributed by atoms with Gasteiger partial charge in [0.2, 0.25) is 5.89 Å². The van der Waals surface area contributed by atoms with Crippen molar-refractivity contribution in [3.05, 3.63) is 35.5 Å². The first-order chi connectivity index (χ1) is 9.10. The van der Waals surface area contributed by atoms with Crippen LogP contribution in [0.25, 0.3) is 0 Å². The Bertz CT molecular complexity index is 552. The first-order valence-electron chi connectivity index (χ1n) is 5.95. The van der Waals surface area contributed by atoms with Gasteiger partial charge in [0, 0.05) is 24.6 Å². The molecule has 0 radical (unpaired) electrons. The first-order valence-corrected chi connectivity index (χ1v) is 5.95. The fourth-order valence-electron chi connectivity index (χ4n) is 1.68. The summed E-state index contributed by atoms with van der Waals surface area (Å²) >= 11 is 0. The molecule has 0 spiro atoms. The van der Waals surface area contributed by atoms with Gasteiger partial charge in [0.25, 0.3) is 5.89 Å². The number of aryl methyl sites for hydroxylation is 1. The summed E-state index contributed by atoms with van der Waals surface area (Å²) in [5, 5.41) is 7.62. The van der Waals surface area contributed by atoms with E-state index in [9.17, 15) is 0 Å². The van der Waals surface area contributed by atoms with Gasteiger partial charge in [0.15, 0.2) is 6.61 Å². The molecule has 1 heterocycles. The van der Waals surface area contributed by atoms with Crippen molar-refractivity contribution in [3.8, 4) is 11.5 Å². The molecule has 6 heteroatoms. The molecule has 0 amide bonds. The van der Waals surface area contributed by atoms with Crippen LogP contribution in [0.2, 0.25) is 0 Å². The lowest BCUT2D eigenvalue weighted by molar-refractivity contribution is 0.256. The second-order valence-electron chi connectivity index (χ2n) is 4.20. The zero-order valence-corrected chi connectivity index (χ0v) is 11.2. The Morgan fingerprint density at radius 3 is 2.74 bits per heavy atom. The molecule has 1 atom stereocenters. The molecule has 0 aliphatic carbocycles. The molecule has 0 saturated heterocycles. The minimum Gasteiger partial charge on any atom is -0.497 e. The second-order valence-corrected chi connectivity index (χ2v) is 4.20. The van der Waals surface area contributed by atoms with E-state index in [1.165, 1.54) is 0 Å². The summed E-state index contributed by atoms with van der Waals surface area (Å²) in [5.41, 5.74) is 6.81. The first kappa shape index (κ1) is 13.4. The maximum absolute atomic E-state index is 5.91. The summed E-state index contributed by atoms with van der Waals surface area (Å²) in [7, 11) is 1.60. The van der Waals surface area contributed by atoms with Crippen molar-refractivity contribution in [2.75, 3.05) is 7.11 Å². The van der Waals surface area contributed by atoms with Crippen LogP contribution in [0.5, 0.6) is 11.5 Å². The number of benzene rings is 1. The topological polar surface area (TPSA) is 83.4 Å². The quantitative estimate of drug-likeness (QED) is 0.888. The lowest BCUT2D eigenvalue weighted by Gasteiger charge is -2.14. The SMILES string of the molecule is COc1ccc(C(C)N)c(OCc2nnc(C)o2)c1. The highest BCUT2D eigenvalue weighted by Crippen LogP contribution is 2.29. The standard InChI is InChI=1S/C13H17N3O3/c1-8(14)11-5-4-10(17-3)6-12(11)18-7-13-16-15-9(2)19-13/h4-6,8H,7,14H2,1-3H3. The number of hydrogen-bond acceptors (Lipinski definition) is 6. The van der Waals surface area contributed by atoms with Crippen LogP contribution in [0.3, 0.4) is 0 Å². The van der Waals surface area contributed by atoms with Crippen LogP contribution in [-0.4, -0.2) is 17.3 Å². The Kier molecular flexibility index (Phi) is 4.01. The molecular formula is C13H17N3O3. The van der Waals surface area contributed by atoms with Crippen molar-refractivity contribution in [2.45, 2.75) is 26.5 Å². The Hall–Kier alpha value is -2.08. The lowest BCUT2D eigenvalue weighted by Crippen LogP contribution is -2.08. The molecule has 1 aromatic carbocycles. The highest BCUT2D eigenvalue weighted by atomic mass is 16.5. The van der Waals surface area contributed by atoms with E-state index in [1.54, 1.807) is 20.1 Å². The smallest absolute Gasteiger partial charge is 0.253 e. The van der Waals surface area contributed by atoms with Crippen molar-refractivity contribution >= 4 is 0 Å². The largest absolute Gasteiger partial charge is 0.497 e. The minimum atomic E-state index is -0.134. The molecule has 1 aromatic heterocycles. The van der Waals surface area contributed by atoms with E-state index in [0.29, 0.717) is 23.3 Å². The Balaban J connectivity index is 2.17. The summed E-state index contributed by atoms with van der Waals surface area (Å²) in [6.45, 7) is 3.83. The number of ether oxygens (including phenoxy) is 2. The molecule has 0 aliphatic heterocycles. The normalized spacial score (nSPS) is 12.2. The molecule has 0 fully saturated rings. The summed E-state index contributed by atoms with van der Waals surface area (Å²) in [4.78, 5) is 0. The molecule has 0 aliphatic rings. The number of nitrogens with two attached hydrogens (primary N) is 1. The van der Waals surface area contributed by atoms with Gasteiger partial charge in [0.1, 0.15) is 11.5 Å². The molecule has 2 N–H and O–H groups in total. The minimum absolute atomic E-state index is 0.134. The Labute approximate surface area is 111 Å². The van der Waals surface area contributed by atoms with Gasteiger partial charge >= 0.3 is 0 Å². The molecule has 2 rings (SSSR count). The third-order valence-corrected chi connectivity index (χ3v) is 2.63. The van der Waals surface area contributed by atoms with Crippen molar-refractivity contribution in [1.82, 2.24) is 10.2 Å². The summed E-state index contributed by atoms with van der Waals surface area (Å²) in [6.07, 6.45) is 0. The van der Waals surface area contributed by atoms with E-state index in [2.05, 4.69) is 10.2 Å². The van der Waals surface area contributed by atoms with Gasteiger partial charge < -0.3 is 19.6 Å². The van der Waals surface area contributed by atoms with Crippen LogP contribution in [0, 0.1) is 6.92 Å². The fraction of sp³-hybridized carbons (Fsp3) is 0.385. The summed E-state index contributed by atoms with van der Waals surface area (Å²) < 4.78 is 16.1. The fourth-order valence-corrected chi connectivity index (χ4v) is 1.68. The molecule has 1 unspecified atom stereocenters. The van der Waals surface area contributed by atoms with E-state index >= 15 is 0 Å². The average Bonchev–Trinajstić information content (AvgIpc) is 2.81. The van der Waals surface area contributed by atoms with Crippen molar-refractivity contribution in [1.29, 1.82) is 0 Å². The van der Waals surface area contributed by atoms with Gasteiger partial charge in [-0.25, -0.2) is 0 Å². The Morgan fingerprint density at radius 1 is 1.37 bits per heavy atom. The van der Waals surface area contributed by atoms with Crippen LogP contribution in [0.15, 0.2) is 22.6 Å². The molecule has 19 heavy (non-hydrogen) atoms. The van der Waals surface area contributed by atoms with Crippen LogP contribution >= 0.6 is 0 Å². The molecule has 6 nitrogen and oxygen atoms in total.